The number of carbonyl (C=O) groups excluding carboxylic acids is 1. The van der Waals surface area contributed by atoms with Crippen LogP contribution in [0.4, 0.5) is 17.6 Å². The first kappa shape index (κ1) is 18.9. The summed E-state index contributed by atoms with van der Waals surface area (Å²) in [7, 11) is 1.39. The van der Waals surface area contributed by atoms with E-state index in [9.17, 15) is 9.90 Å². The second-order valence-electron chi connectivity index (χ2n) is 5.81. The predicted molar refractivity (Wildman–Crippen MR) is 102 cm³/mol. The third kappa shape index (κ3) is 4.26. The fourth-order valence-electron chi connectivity index (χ4n) is 2.45. The molecule has 0 atom stereocenters. The van der Waals surface area contributed by atoms with Crippen molar-refractivity contribution in [1.82, 2.24) is 15.0 Å². The number of benzene rings is 2. The Morgan fingerprint density at radius 1 is 1.14 bits per heavy atom. The molecule has 0 amide bonds. The molecule has 9 nitrogen and oxygen atoms in total. The number of esters is 1. The normalized spacial score (nSPS) is 10.4. The lowest BCUT2D eigenvalue weighted by molar-refractivity contribution is 0.0458. The van der Waals surface area contributed by atoms with Crippen molar-refractivity contribution >= 4 is 23.6 Å². The first-order valence-corrected chi connectivity index (χ1v) is 8.34. The van der Waals surface area contributed by atoms with Gasteiger partial charge in [0.2, 0.25) is 11.9 Å². The number of phenols is 1. The minimum absolute atomic E-state index is 0.0126. The molecule has 3 aromatic rings. The average molecular weight is 381 g/mol. The number of nitrogens with one attached hydrogen (secondary N) is 1. The van der Waals surface area contributed by atoms with E-state index in [0.29, 0.717) is 0 Å². The summed E-state index contributed by atoms with van der Waals surface area (Å²) in [5.74, 6) is -0.489. The van der Waals surface area contributed by atoms with Crippen molar-refractivity contribution in [2.45, 2.75) is 13.5 Å². The van der Waals surface area contributed by atoms with Crippen LogP contribution in [0.25, 0.3) is 0 Å². The van der Waals surface area contributed by atoms with Crippen molar-refractivity contribution in [1.29, 1.82) is 0 Å². The summed E-state index contributed by atoms with van der Waals surface area (Å²) in [4.78, 5) is 24.5. The zero-order valence-corrected chi connectivity index (χ0v) is 15.3. The molecule has 2 aromatic carbocycles. The highest BCUT2D eigenvalue weighted by Crippen LogP contribution is 2.29. The molecular formula is C19H19N5O4. The lowest BCUT2D eigenvalue weighted by Crippen LogP contribution is -2.11. The Labute approximate surface area is 161 Å². The Morgan fingerprint density at radius 3 is 2.68 bits per heavy atom. The number of aromatic hydroxyl groups is 1. The van der Waals surface area contributed by atoms with Crippen LogP contribution in [0.1, 0.15) is 21.7 Å². The number of hydrogen-bond donors (Lipinski definition) is 3. The van der Waals surface area contributed by atoms with Crippen LogP contribution >= 0.6 is 0 Å². The third-order valence-corrected chi connectivity index (χ3v) is 3.86. The van der Waals surface area contributed by atoms with Gasteiger partial charge in [0.25, 0.3) is 0 Å². The van der Waals surface area contributed by atoms with Gasteiger partial charge in [-0.15, -0.1) is 0 Å². The van der Waals surface area contributed by atoms with Crippen LogP contribution in [0, 0.1) is 6.92 Å². The number of ether oxygens (including phenoxy) is 2. The third-order valence-electron chi connectivity index (χ3n) is 3.86. The van der Waals surface area contributed by atoms with Gasteiger partial charge in [-0.3, -0.25) is 0 Å². The van der Waals surface area contributed by atoms with Crippen LogP contribution in [-0.4, -0.2) is 33.1 Å². The van der Waals surface area contributed by atoms with Gasteiger partial charge in [0, 0.05) is 5.69 Å². The van der Waals surface area contributed by atoms with Gasteiger partial charge in [0.15, 0.2) is 23.9 Å². The van der Waals surface area contributed by atoms with E-state index >= 15 is 0 Å². The topological polar surface area (TPSA) is 132 Å². The van der Waals surface area contributed by atoms with E-state index in [0.717, 1.165) is 11.3 Å². The van der Waals surface area contributed by atoms with E-state index in [1.54, 1.807) is 6.07 Å². The summed E-state index contributed by atoms with van der Waals surface area (Å²) in [6.45, 7) is 1.70. The standard InChI is InChI=1S/C19H19N5O4/c1-11-6-3-4-8-13(11)21-19-23-15(22-18(20)24-19)10-28-17(26)12-7-5-9-14(27-2)16(12)25/h3-9,25H,10H2,1-2H3,(H3,20,21,22,23,24). The van der Waals surface area contributed by atoms with Crippen molar-refractivity contribution < 1.29 is 19.4 Å². The number of nitrogen functional groups attached to an aromatic ring is 1. The molecule has 0 fully saturated rings. The number of nitrogens with two attached hydrogens (primary N) is 1. The summed E-state index contributed by atoms with van der Waals surface area (Å²) in [6, 6.07) is 12.1. The fourth-order valence-corrected chi connectivity index (χ4v) is 2.45. The van der Waals surface area contributed by atoms with E-state index in [1.807, 2.05) is 31.2 Å². The van der Waals surface area contributed by atoms with Crippen molar-refractivity contribution in [2.75, 3.05) is 18.2 Å². The number of methoxy groups -OCH3 is 1. The zero-order valence-electron chi connectivity index (χ0n) is 15.3. The van der Waals surface area contributed by atoms with Gasteiger partial charge in [-0.1, -0.05) is 24.3 Å². The lowest BCUT2D eigenvalue weighted by atomic mass is 10.2. The molecule has 0 radical (unpaired) electrons. The summed E-state index contributed by atoms with van der Waals surface area (Å²) in [6.07, 6.45) is 0. The van der Waals surface area contributed by atoms with E-state index in [-0.39, 0.29) is 41.4 Å². The maximum Gasteiger partial charge on any atom is 0.342 e. The molecule has 1 aromatic heterocycles. The molecular weight excluding hydrogens is 362 g/mol. The highest BCUT2D eigenvalue weighted by atomic mass is 16.5. The monoisotopic (exact) mass is 381 g/mol. The summed E-state index contributed by atoms with van der Waals surface area (Å²) in [5.41, 5.74) is 7.52. The molecule has 0 saturated heterocycles. The number of phenolic OH excluding ortho intramolecular Hbond substituents is 1. The van der Waals surface area contributed by atoms with Crippen molar-refractivity contribution in [3.8, 4) is 11.5 Å². The van der Waals surface area contributed by atoms with Crippen LogP contribution in [0.5, 0.6) is 11.5 Å². The maximum absolute atomic E-state index is 12.3. The quantitative estimate of drug-likeness (QED) is 0.551. The molecule has 144 valence electrons. The van der Waals surface area contributed by atoms with Gasteiger partial charge in [0.1, 0.15) is 5.56 Å². The van der Waals surface area contributed by atoms with E-state index in [2.05, 4.69) is 20.3 Å². The van der Waals surface area contributed by atoms with Gasteiger partial charge >= 0.3 is 5.97 Å². The molecule has 0 aliphatic heterocycles. The summed E-state index contributed by atoms with van der Waals surface area (Å²) in [5, 5.41) is 13.1. The van der Waals surface area contributed by atoms with Crippen LogP contribution < -0.4 is 15.8 Å². The van der Waals surface area contributed by atoms with Crippen molar-refractivity contribution in [2.24, 2.45) is 0 Å². The van der Waals surface area contributed by atoms with Crippen LogP contribution in [0.2, 0.25) is 0 Å². The van der Waals surface area contributed by atoms with Crippen LogP contribution in [-0.2, 0) is 11.3 Å². The smallest absolute Gasteiger partial charge is 0.342 e. The van der Waals surface area contributed by atoms with Gasteiger partial charge in [-0.05, 0) is 30.7 Å². The van der Waals surface area contributed by atoms with E-state index in [1.165, 1.54) is 19.2 Å². The highest BCUT2D eigenvalue weighted by Gasteiger charge is 2.17. The molecule has 0 aliphatic rings. The number of aromatic nitrogens is 3. The molecule has 0 bridgehead atoms. The van der Waals surface area contributed by atoms with Gasteiger partial charge < -0.3 is 25.6 Å². The Kier molecular flexibility index (Phi) is 5.54. The first-order chi connectivity index (χ1) is 13.5. The molecule has 3 rings (SSSR count). The highest BCUT2D eigenvalue weighted by molar-refractivity contribution is 5.93. The second-order valence-corrected chi connectivity index (χ2v) is 5.81. The fraction of sp³-hybridized carbons (Fsp3) is 0.158. The minimum Gasteiger partial charge on any atom is -0.504 e. The number of aryl methyl sites for hydroxylation is 1. The Bertz CT molecular complexity index is 1010. The molecule has 4 N–H and O–H groups in total. The van der Waals surface area contributed by atoms with Crippen LogP contribution in [0.15, 0.2) is 42.5 Å². The second kappa shape index (κ2) is 8.21. The largest absolute Gasteiger partial charge is 0.504 e. The van der Waals surface area contributed by atoms with Crippen LogP contribution in [0.3, 0.4) is 0 Å². The SMILES string of the molecule is COc1cccc(C(=O)OCc2nc(N)nc(Nc3ccccc3C)n2)c1O. The number of anilines is 3. The molecule has 1 heterocycles. The molecule has 0 unspecified atom stereocenters. The minimum atomic E-state index is -0.746. The number of hydrogen-bond acceptors (Lipinski definition) is 9. The number of rotatable bonds is 6. The molecule has 28 heavy (non-hydrogen) atoms. The molecule has 9 heteroatoms. The number of nitrogens with zero attached hydrogens (tertiary/aromatic N) is 3. The molecule has 0 spiro atoms. The summed E-state index contributed by atoms with van der Waals surface area (Å²) >= 11 is 0. The lowest BCUT2D eigenvalue weighted by Gasteiger charge is -2.10. The van der Waals surface area contributed by atoms with Gasteiger partial charge in [0.05, 0.1) is 7.11 Å². The number of para-hydroxylation sites is 2. The average Bonchev–Trinajstić information content (AvgIpc) is 2.68. The zero-order chi connectivity index (χ0) is 20.1. The number of carbonyl (C=O) groups is 1. The van der Waals surface area contributed by atoms with E-state index in [4.69, 9.17) is 15.2 Å². The van der Waals surface area contributed by atoms with E-state index < -0.39 is 5.97 Å². The summed E-state index contributed by atoms with van der Waals surface area (Å²) < 4.78 is 10.2. The van der Waals surface area contributed by atoms with Crippen molar-refractivity contribution in [3.63, 3.8) is 0 Å². The predicted octanol–water partition coefficient (Wildman–Crippen LogP) is 2.58. The molecule has 0 saturated carbocycles. The molecule has 0 aliphatic carbocycles. The Hall–Kier alpha value is -3.88. The van der Waals surface area contributed by atoms with Gasteiger partial charge in [-0.25, -0.2) is 4.79 Å². The maximum atomic E-state index is 12.3. The van der Waals surface area contributed by atoms with Gasteiger partial charge in [-0.2, -0.15) is 15.0 Å². The van der Waals surface area contributed by atoms with Crippen molar-refractivity contribution in [3.05, 3.63) is 59.4 Å². The Morgan fingerprint density at radius 2 is 1.93 bits per heavy atom. The first-order valence-electron chi connectivity index (χ1n) is 8.34. The Balaban J connectivity index is 1.74.